The molecule has 2 aromatic rings. The number of nitrogens with two attached hydrogens (primary N) is 1. The first kappa shape index (κ1) is 11.5. The van der Waals surface area contributed by atoms with E-state index in [1.807, 2.05) is 12.1 Å². The Hall–Kier alpha value is -2.03. The van der Waals surface area contributed by atoms with Crippen LogP contribution in [0.25, 0.3) is 0 Å². The van der Waals surface area contributed by atoms with Gasteiger partial charge in [-0.1, -0.05) is 30.3 Å². The molecule has 1 atom stereocenters. The highest BCUT2D eigenvalue weighted by molar-refractivity contribution is 5.51. The maximum Gasteiger partial charge on any atom is 0.0549 e. The van der Waals surface area contributed by atoms with E-state index < -0.39 is 0 Å². The molecule has 17 heavy (non-hydrogen) atoms. The second-order valence-corrected chi connectivity index (χ2v) is 4.24. The Bertz CT molecular complexity index is 468. The molecule has 3 N–H and O–H groups in total. The Morgan fingerprint density at radius 1 is 1.24 bits per heavy atom. The highest BCUT2D eigenvalue weighted by atomic mass is 14.9. The van der Waals surface area contributed by atoms with Crippen LogP contribution < -0.4 is 11.1 Å². The number of nitrogen functional groups attached to an aromatic ring is 1. The molecule has 88 valence electrons. The number of nitrogens with zero attached hydrogens (tertiary/aromatic N) is 1. The number of anilines is 2. The lowest BCUT2D eigenvalue weighted by Gasteiger charge is -2.15. The lowest BCUT2D eigenvalue weighted by molar-refractivity contribution is 0.789. The van der Waals surface area contributed by atoms with E-state index in [1.54, 1.807) is 12.4 Å². The minimum Gasteiger partial charge on any atom is -0.397 e. The first-order chi connectivity index (χ1) is 8.24. The average Bonchev–Trinajstić information content (AvgIpc) is 2.30. The fraction of sp³-hybridized carbons (Fsp3) is 0.214. The highest BCUT2D eigenvalue weighted by Crippen LogP contribution is 2.12. The third kappa shape index (κ3) is 3.48. The molecule has 0 aliphatic rings. The van der Waals surface area contributed by atoms with Crippen molar-refractivity contribution in [2.24, 2.45) is 0 Å². The van der Waals surface area contributed by atoms with Gasteiger partial charge in [-0.05, 0) is 25.0 Å². The van der Waals surface area contributed by atoms with Gasteiger partial charge in [0.1, 0.15) is 0 Å². The van der Waals surface area contributed by atoms with Crippen molar-refractivity contribution < 1.29 is 0 Å². The summed E-state index contributed by atoms with van der Waals surface area (Å²) >= 11 is 0. The van der Waals surface area contributed by atoms with E-state index >= 15 is 0 Å². The predicted molar refractivity (Wildman–Crippen MR) is 71.9 cm³/mol. The van der Waals surface area contributed by atoms with Crippen LogP contribution in [0.4, 0.5) is 11.4 Å². The summed E-state index contributed by atoms with van der Waals surface area (Å²) in [6.07, 6.45) is 4.42. The molecule has 0 radical (unpaired) electrons. The molecule has 0 aliphatic heterocycles. The molecule has 1 heterocycles. The fourth-order valence-electron chi connectivity index (χ4n) is 1.84. The van der Waals surface area contributed by atoms with Gasteiger partial charge in [-0.15, -0.1) is 0 Å². The molecule has 0 spiro atoms. The molecule has 3 heteroatoms. The molecule has 2 rings (SSSR count). The summed E-state index contributed by atoms with van der Waals surface area (Å²) in [5.74, 6) is 0. The van der Waals surface area contributed by atoms with Gasteiger partial charge in [0, 0.05) is 12.2 Å². The maximum atomic E-state index is 5.68. The first-order valence-corrected chi connectivity index (χ1v) is 5.75. The second kappa shape index (κ2) is 5.34. The molecule has 0 saturated heterocycles. The van der Waals surface area contributed by atoms with Gasteiger partial charge in [0.15, 0.2) is 0 Å². The SMILES string of the molecule is CC(Cc1ccccc1)Nc1cncc(N)c1. The van der Waals surface area contributed by atoms with Gasteiger partial charge < -0.3 is 11.1 Å². The third-order valence-corrected chi connectivity index (χ3v) is 2.56. The summed E-state index contributed by atoms with van der Waals surface area (Å²) in [5, 5.41) is 3.39. The zero-order valence-electron chi connectivity index (χ0n) is 9.93. The van der Waals surface area contributed by atoms with E-state index in [0.29, 0.717) is 11.7 Å². The van der Waals surface area contributed by atoms with Crippen LogP contribution in [-0.4, -0.2) is 11.0 Å². The molecule has 0 amide bonds. The Morgan fingerprint density at radius 3 is 2.71 bits per heavy atom. The van der Waals surface area contributed by atoms with E-state index in [1.165, 1.54) is 5.56 Å². The van der Waals surface area contributed by atoms with Crippen LogP contribution in [0.2, 0.25) is 0 Å². The maximum absolute atomic E-state index is 5.68. The molecular weight excluding hydrogens is 210 g/mol. The Labute approximate surface area is 102 Å². The predicted octanol–water partition coefficient (Wildman–Crippen LogP) is 2.71. The van der Waals surface area contributed by atoms with Crippen molar-refractivity contribution in [1.29, 1.82) is 0 Å². The number of hydrogen-bond donors (Lipinski definition) is 2. The van der Waals surface area contributed by atoms with Crippen molar-refractivity contribution >= 4 is 11.4 Å². The monoisotopic (exact) mass is 227 g/mol. The Kier molecular flexibility index (Phi) is 3.60. The zero-order valence-corrected chi connectivity index (χ0v) is 9.93. The summed E-state index contributed by atoms with van der Waals surface area (Å²) < 4.78 is 0. The summed E-state index contributed by atoms with van der Waals surface area (Å²) in [4.78, 5) is 4.06. The normalized spacial score (nSPS) is 12.1. The minimum atomic E-state index is 0.348. The van der Waals surface area contributed by atoms with Crippen LogP contribution in [0.1, 0.15) is 12.5 Å². The third-order valence-electron chi connectivity index (χ3n) is 2.56. The van der Waals surface area contributed by atoms with Crippen LogP contribution in [0.3, 0.4) is 0 Å². The first-order valence-electron chi connectivity index (χ1n) is 5.75. The van der Waals surface area contributed by atoms with Crippen molar-refractivity contribution in [2.75, 3.05) is 11.1 Å². The van der Waals surface area contributed by atoms with Crippen LogP contribution in [-0.2, 0) is 6.42 Å². The second-order valence-electron chi connectivity index (χ2n) is 4.24. The summed E-state index contributed by atoms with van der Waals surface area (Å²) in [6, 6.07) is 12.7. The summed E-state index contributed by atoms with van der Waals surface area (Å²) in [7, 11) is 0. The van der Waals surface area contributed by atoms with E-state index in [4.69, 9.17) is 5.73 Å². The zero-order chi connectivity index (χ0) is 12.1. The lowest BCUT2D eigenvalue weighted by atomic mass is 10.1. The van der Waals surface area contributed by atoms with Crippen molar-refractivity contribution in [3.63, 3.8) is 0 Å². The van der Waals surface area contributed by atoms with E-state index in [2.05, 4.69) is 41.5 Å². The van der Waals surface area contributed by atoms with Gasteiger partial charge in [0.2, 0.25) is 0 Å². The number of hydrogen-bond acceptors (Lipinski definition) is 3. The van der Waals surface area contributed by atoms with Crippen molar-refractivity contribution in [2.45, 2.75) is 19.4 Å². The topological polar surface area (TPSA) is 50.9 Å². The van der Waals surface area contributed by atoms with Gasteiger partial charge in [0.25, 0.3) is 0 Å². The summed E-state index contributed by atoms with van der Waals surface area (Å²) in [5.41, 5.74) is 8.66. The number of aromatic nitrogens is 1. The van der Waals surface area contributed by atoms with Crippen molar-refractivity contribution in [3.05, 3.63) is 54.4 Å². The van der Waals surface area contributed by atoms with Gasteiger partial charge in [-0.3, -0.25) is 4.98 Å². The molecule has 0 saturated carbocycles. The molecule has 0 bridgehead atoms. The Morgan fingerprint density at radius 2 is 2.00 bits per heavy atom. The lowest BCUT2D eigenvalue weighted by Crippen LogP contribution is -2.18. The number of nitrogens with one attached hydrogen (secondary N) is 1. The number of benzene rings is 1. The fourth-order valence-corrected chi connectivity index (χ4v) is 1.84. The average molecular weight is 227 g/mol. The molecule has 1 aromatic heterocycles. The van der Waals surface area contributed by atoms with Gasteiger partial charge >= 0.3 is 0 Å². The quantitative estimate of drug-likeness (QED) is 0.844. The van der Waals surface area contributed by atoms with Gasteiger partial charge in [0.05, 0.1) is 17.6 Å². The van der Waals surface area contributed by atoms with Crippen LogP contribution in [0, 0.1) is 0 Å². The summed E-state index contributed by atoms with van der Waals surface area (Å²) in [6.45, 7) is 2.15. The Balaban J connectivity index is 1.96. The molecule has 3 nitrogen and oxygen atoms in total. The highest BCUT2D eigenvalue weighted by Gasteiger charge is 2.03. The van der Waals surface area contributed by atoms with E-state index in [0.717, 1.165) is 12.1 Å². The van der Waals surface area contributed by atoms with Gasteiger partial charge in [-0.2, -0.15) is 0 Å². The van der Waals surface area contributed by atoms with Crippen LogP contribution in [0.5, 0.6) is 0 Å². The standard InChI is InChI=1S/C14H17N3/c1-11(7-12-5-3-2-4-6-12)17-14-8-13(15)9-16-10-14/h2-6,8-11,17H,7,15H2,1H3. The van der Waals surface area contributed by atoms with E-state index in [-0.39, 0.29) is 0 Å². The number of rotatable bonds is 4. The minimum absolute atomic E-state index is 0.348. The van der Waals surface area contributed by atoms with Crippen LogP contribution >= 0.6 is 0 Å². The number of pyridine rings is 1. The van der Waals surface area contributed by atoms with E-state index in [9.17, 15) is 0 Å². The van der Waals surface area contributed by atoms with Crippen molar-refractivity contribution in [1.82, 2.24) is 4.98 Å². The molecule has 1 aromatic carbocycles. The van der Waals surface area contributed by atoms with Crippen LogP contribution in [0.15, 0.2) is 48.8 Å². The molecular formula is C14H17N3. The molecule has 1 unspecified atom stereocenters. The molecule has 0 fully saturated rings. The van der Waals surface area contributed by atoms with Gasteiger partial charge in [-0.25, -0.2) is 0 Å². The largest absolute Gasteiger partial charge is 0.397 e. The van der Waals surface area contributed by atoms with Crippen molar-refractivity contribution in [3.8, 4) is 0 Å². The molecule has 0 aliphatic carbocycles. The smallest absolute Gasteiger partial charge is 0.0549 e.